The summed E-state index contributed by atoms with van der Waals surface area (Å²) in [5.74, 6) is -0.0762. The standard InChI is InChI=1S/C19H25ClN4O/c1-22(2)12-14-7-9-15(10-8-14)17-6-4-5-11-24(17)19(25)18-16(20)13-23(3)21-18/h7-10,13,17H,4-6,11-12H2,1-3H3/t17-/m0/s1. The Balaban J connectivity index is 1.83. The first kappa shape index (κ1) is 18.0. The summed E-state index contributed by atoms with van der Waals surface area (Å²) >= 11 is 6.19. The minimum Gasteiger partial charge on any atom is -0.330 e. The van der Waals surface area contributed by atoms with Crippen LogP contribution in [0, 0.1) is 0 Å². The molecule has 1 fully saturated rings. The second kappa shape index (κ2) is 7.58. The van der Waals surface area contributed by atoms with Gasteiger partial charge in [-0.3, -0.25) is 9.48 Å². The molecule has 134 valence electrons. The fourth-order valence-corrected chi connectivity index (χ4v) is 3.73. The molecular formula is C19H25ClN4O. The van der Waals surface area contributed by atoms with E-state index in [0.717, 1.165) is 32.4 Å². The number of piperidine rings is 1. The number of carbonyl (C=O) groups excluding carboxylic acids is 1. The predicted octanol–water partition coefficient (Wildman–Crippen LogP) is 3.50. The van der Waals surface area contributed by atoms with Crippen LogP contribution >= 0.6 is 11.6 Å². The van der Waals surface area contributed by atoms with Gasteiger partial charge < -0.3 is 9.80 Å². The predicted molar refractivity (Wildman–Crippen MR) is 99.7 cm³/mol. The van der Waals surface area contributed by atoms with E-state index in [1.807, 2.05) is 4.90 Å². The second-order valence-electron chi connectivity index (χ2n) is 6.99. The maximum absolute atomic E-state index is 13.0. The number of aryl methyl sites for hydroxylation is 1. The van der Waals surface area contributed by atoms with E-state index in [1.165, 1.54) is 11.1 Å². The van der Waals surface area contributed by atoms with Crippen LogP contribution in [0.1, 0.15) is 46.9 Å². The smallest absolute Gasteiger partial charge is 0.276 e. The molecule has 6 heteroatoms. The molecule has 0 unspecified atom stereocenters. The number of likely N-dealkylation sites (tertiary alicyclic amines) is 1. The van der Waals surface area contributed by atoms with Crippen molar-refractivity contribution in [3.05, 3.63) is 52.3 Å². The van der Waals surface area contributed by atoms with Gasteiger partial charge in [0.05, 0.1) is 11.1 Å². The molecule has 0 bridgehead atoms. The van der Waals surface area contributed by atoms with Crippen molar-refractivity contribution >= 4 is 17.5 Å². The van der Waals surface area contributed by atoms with Crippen LogP contribution in [-0.4, -0.2) is 46.1 Å². The monoisotopic (exact) mass is 360 g/mol. The highest BCUT2D eigenvalue weighted by atomic mass is 35.5. The lowest BCUT2D eigenvalue weighted by molar-refractivity contribution is 0.0605. The van der Waals surface area contributed by atoms with Gasteiger partial charge in [-0.15, -0.1) is 0 Å². The van der Waals surface area contributed by atoms with Crippen molar-refractivity contribution < 1.29 is 4.79 Å². The highest BCUT2D eigenvalue weighted by Crippen LogP contribution is 2.33. The number of hydrogen-bond acceptors (Lipinski definition) is 3. The van der Waals surface area contributed by atoms with Crippen LogP contribution < -0.4 is 0 Å². The molecule has 0 aliphatic carbocycles. The summed E-state index contributed by atoms with van der Waals surface area (Å²) in [6, 6.07) is 8.69. The quantitative estimate of drug-likeness (QED) is 0.837. The number of benzene rings is 1. The molecule has 1 aliphatic rings. The molecule has 5 nitrogen and oxygen atoms in total. The van der Waals surface area contributed by atoms with Gasteiger partial charge >= 0.3 is 0 Å². The summed E-state index contributed by atoms with van der Waals surface area (Å²) in [6.45, 7) is 1.66. The molecule has 3 rings (SSSR count). The largest absolute Gasteiger partial charge is 0.330 e. The summed E-state index contributed by atoms with van der Waals surface area (Å²) in [5.41, 5.74) is 2.80. The van der Waals surface area contributed by atoms with E-state index in [0.29, 0.717) is 10.7 Å². The normalized spacial score (nSPS) is 18.0. The van der Waals surface area contributed by atoms with E-state index in [2.05, 4.69) is 48.4 Å². The average Bonchev–Trinajstić information content (AvgIpc) is 2.93. The summed E-state index contributed by atoms with van der Waals surface area (Å²) in [5, 5.41) is 4.66. The molecule has 25 heavy (non-hydrogen) atoms. The number of aromatic nitrogens is 2. The zero-order valence-corrected chi connectivity index (χ0v) is 15.8. The number of rotatable bonds is 4. The van der Waals surface area contributed by atoms with Gasteiger partial charge in [0.25, 0.3) is 5.91 Å². The van der Waals surface area contributed by atoms with Crippen molar-refractivity contribution in [2.24, 2.45) is 7.05 Å². The third-order valence-electron chi connectivity index (χ3n) is 4.61. The Morgan fingerprint density at radius 1 is 1.28 bits per heavy atom. The maximum Gasteiger partial charge on any atom is 0.276 e. The first-order chi connectivity index (χ1) is 12.0. The van der Waals surface area contributed by atoms with Gasteiger partial charge in [0.1, 0.15) is 0 Å². The highest BCUT2D eigenvalue weighted by molar-refractivity contribution is 6.33. The summed E-state index contributed by atoms with van der Waals surface area (Å²) in [6.07, 6.45) is 4.79. The van der Waals surface area contributed by atoms with Gasteiger partial charge in [-0.25, -0.2) is 0 Å². The third-order valence-corrected chi connectivity index (χ3v) is 4.89. The van der Waals surface area contributed by atoms with Crippen LogP contribution in [0.4, 0.5) is 0 Å². The molecule has 2 aromatic rings. The van der Waals surface area contributed by atoms with E-state index in [1.54, 1.807) is 17.9 Å². The Kier molecular flexibility index (Phi) is 5.45. The van der Waals surface area contributed by atoms with E-state index >= 15 is 0 Å². The van der Waals surface area contributed by atoms with Gasteiger partial charge in [-0.05, 0) is 44.5 Å². The Morgan fingerprint density at radius 3 is 2.60 bits per heavy atom. The zero-order valence-electron chi connectivity index (χ0n) is 15.1. The zero-order chi connectivity index (χ0) is 18.0. The fraction of sp³-hybridized carbons (Fsp3) is 0.474. The van der Waals surface area contributed by atoms with Crippen molar-refractivity contribution in [2.75, 3.05) is 20.6 Å². The molecule has 1 aromatic carbocycles. The summed E-state index contributed by atoms with van der Waals surface area (Å²) in [4.78, 5) is 17.1. The molecular weight excluding hydrogens is 336 g/mol. The van der Waals surface area contributed by atoms with Crippen molar-refractivity contribution in [1.29, 1.82) is 0 Å². The van der Waals surface area contributed by atoms with E-state index in [9.17, 15) is 4.79 Å². The molecule has 0 radical (unpaired) electrons. The Bertz CT molecular complexity index is 738. The van der Waals surface area contributed by atoms with Crippen LogP contribution in [0.3, 0.4) is 0 Å². The van der Waals surface area contributed by atoms with Crippen LogP contribution in [0.15, 0.2) is 30.5 Å². The van der Waals surface area contributed by atoms with Crippen LogP contribution in [-0.2, 0) is 13.6 Å². The molecule has 1 saturated heterocycles. The van der Waals surface area contributed by atoms with Crippen molar-refractivity contribution in [3.8, 4) is 0 Å². The number of halogens is 1. The van der Waals surface area contributed by atoms with Crippen LogP contribution in [0.5, 0.6) is 0 Å². The van der Waals surface area contributed by atoms with Crippen LogP contribution in [0.25, 0.3) is 0 Å². The van der Waals surface area contributed by atoms with Gasteiger partial charge in [-0.1, -0.05) is 35.9 Å². The Hall–Kier alpha value is -1.85. The highest BCUT2D eigenvalue weighted by Gasteiger charge is 2.31. The lowest BCUT2D eigenvalue weighted by Crippen LogP contribution is -2.38. The van der Waals surface area contributed by atoms with Crippen LogP contribution in [0.2, 0.25) is 5.02 Å². The summed E-state index contributed by atoms with van der Waals surface area (Å²) in [7, 11) is 5.90. The van der Waals surface area contributed by atoms with Gasteiger partial charge in [0.15, 0.2) is 5.69 Å². The third kappa shape index (κ3) is 4.05. The van der Waals surface area contributed by atoms with E-state index in [-0.39, 0.29) is 11.9 Å². The molecule has 1 amide bonds. The van der Waals surface area contributed by atoms with Crippen molar-refractivity contribution in [1.82, 2.24) is 19.6 Å². The maximum atomic E-state index is 13.0. The minimum atomic E-state index is -0.0762. The first-order valence-electron chi connectivity index (χ1n) is 8.69. The van der Waals surface area contributed by atoms with Gasteiger partial charge in [0, 0.05) is 26.3 Å². The number of hydrogen-bond donors (Lipinski definition) is 0. The molecule has 1 atom stereocenters. The first-order valence-corrected chi connectivity index (χ1v) is 9.07. The average molecular weight is 361 g/mol. The molecule has 0 saturated carbocycles. The number of amides is 1. The van der Waals surface area contributed by atoms with Crippen molar-refractivity contribution in [2.45, 2.75) is 31.8 Å². The lowest BCUT2D eigenvalue weighted by Gasteiger charge is -2.36. The topological polar surface area (TPSA) is 41.4 Å². The van der Waals surface area contributed by atoms with Crippen molar-refractivity contribution in [3.63, 3.8) is 0 Å². The summed E-state index contributed by atoms with van der Waals surface area (Å²) < 4.78 is 1.59. The minimum absolute atomic E-state index is 0.0762. The Morgan fingerprint density at radius 2 is 2.00 bits per heavy atom. The van der Waals surface area contributed by atoms with E-state index in [4.69, 9.17) is 11.6 Å². The second-order valence-corrected chi connectivity index (χ2v) is 7.40. The molecule has 0 N–H and O–H groups in total. The van der Waals surface area contributed by atoms with Gasteiger partial charge in [-0.2, -0.15) is 5.10 Å². The van der Waals surface area contributed by atoms with E-state index < -0.39 is 0 Å². The lowest BCUT2D eigenvalue weighted by atomic mass is 9.94. The molecule has 2 heterocycles. The Labute approximate surface area is 154 Å². The molecule has 0 spiro atoms. The number of carbonyl (C=O) groups is 1. The molecule has 1 aromatic heterocycles. The fourth-order valence-electron chi connectivity index (χ4n) is 3.47. The molecule has 1 aliphatic heterocycles. The SMILES string of the molecule is CN(C)Cc1ccc([C@@H]2CCCCN2C(=O)c2nn(C)cc2Cl)cc1. The van der Waals surface area contributed by atoms with Gasteiger partial charge in [0.2, 0.25) is 0 Å². The number of nitrogens with zero attached hydrogens (tertiary/aromatic N) is 4.